The topological polar surface area (TPSA) is 110 Å². The summed E-state index contributed by atoms with van der Waals surface area (Å²) in [5.74, 6) is -4.79. The van der Waals surface area contributed by atoms with Crippen molar-refractivity contribution in [1.82, 2.24) is 4.98 Å². The lowest BCUT2D eigenvalue weighted by Gasteiger charge is -2.39. The van der Waals surface area contributed by atoms with E-state index in [1.165, 1.54) is 26.3 Å². The van der Waals surface area contributed by atoms with Gasteiger partial charge in [0.05, 0.1) is 7.11 Å². The first-order valence-electron chi connectivity index (χ1n) is 10.4. The smallest absolute Gasteiger partial charge is 0.303 e. The van der Waals surface area contributed by atoms with Crippen LogP contribution in [-0.2, 0) is 28.6 Å². The summed E-state index contributed by atoms with van der Waals surface area (Å²) < 4.78 is 56.1. The van der Waals surface area contributed by atoms with Gasteiger partial charge in [0.25, 0.3) is 0 Å². The standard InChI is InChI=1S/C23H23F2NO8S/c1-11(27)31-18-10-35-23(21(33-13(3)29)20(18)32-12(2)28)34-17-9-14(8-16(24)19(17)25)15-6-5-7-26-22(15)30-4/h5-9,18,20-21,23H,10H2,1-4H3/t18-,20+,21-,23+/m1/s1. The predicted molar refractivity (Wildman–Crippen MR) is 120 cm³/mol. The zero-order valence-electron chi connectivity index (χ0n) is 19.3. The molecule has 0 unspecified atom stereocenters. The van der Waals surface area contributed by atoms with Crippen molar-refractivity contribution in [3.63, 3.8) is 0 Å². The average Bonchev–Trinajstić information content (AvgIpc) is 2.79. The zero-order chi connectivity index (χ0) is 25.7. The molecule has 1 aromatic heterocycles. The first-order valence-corrected chi connectivity index (χ1v) is 11.4. The summed E-state index contributed by atoms with van der Waals surface area (Å²) >= 11 is 1.02. The molecule has 1 saturated heterocycles. The van der Waals surface area contributed by atoms with Crippen LogP contribution in [0.15, 0.2) is 30.5 Å². The minimum Gasteiger partial charge on any atom is -0.481 e. The molecule has 188 valence electrons. The van der Waals surface area contributed by atoms with E-state index in [1.54, 1.807) is 12.1 Å². The van der Waals surface area contributed by atoms with Gasteiger partial charge in [-0.05, 0) is 29.8 Å². The Kier molecular flexibility index (Phi) is 8.49. The van der Waals surface area contributed by atoms with E-state index in [1.807, 2.05) is 0 Å². The molecule has 0 radical (unpaired) electrons. The van der Waals surface area contributed by atoms with E-state index >= 15 is 0 Å². The number of methoxy groups -OCH3 is 1. The maximum atomic E-state index is 14.8. The van der Waals surface area contributed by atoms with Gasteiger partial charge in [-0.15, -0.1) is 11.8 Å². The van der Waals surface area contributed by atoms with E-state index in [0.717, 1.165) is 31.7 Å². The minimum atomic E-state index is -1.29. The third kappa shape index (κ3) is 6.38. The number of carbonyl (C=O) groups is 3. The molecule has 35 heavy (non-hydrogen) atoms. The van der Waals surface area contributed by atoms with Gasteiger partial charge in [0.1, 0.15) is 0 Å². The largest absolute Gasteiger partial charge is 0.481 e. The highest BCUT2D eigenvalue weighted by molar-refractivity contribution is 7.99. The minimum absolute atomic E-state index is 0.0696. The molecule has 1 fully saturated rings. The molecule has 3 rings (SSSR count). The molecule has 2 heterocycles. The second kappa shape index (κ2) is 11.3. The Labute approximate surface area is 204 Å². The van der Waals surface area contributed by atoms with Gasteiger partial charge < -0.3 is 23.7 Å². The summed E-state index contributed by atoms with van der Waals surface area (Å²) in [6.45, 7) is 3.43. The van der Waals surface area contributed by atoms with Crippen molar-refractivity contribution in [2.75, 3.05) is 12.9 Å². The summed E-state index contributed by atoms with van der Waals surface area (Å²) in [5.41, 5.74) is -0.516. The molecule has 0 saturated carbocycles. The Morgan fingerprint density at radius 1 is 1.00 bits per heavy atom. The quantitative estimate of drug-likeness (QED) is 0.406. The predicted octanol–water partition coefficient (Wildman–Crippen LogP) is 3.28. The van der Waals surface area contributed by atoms with Crippen LogP contribution in [0, 0.1) is 11.6 Å². The number of rotatable bonds is 7. The van der Waals surface area contributed by atoms with Gasteiger partial charge in [0.2, 0.25) is 11.7 Å². The molecule has 0 amide bonds. The molecule has 0 spiro atoms. The van der Waals surface area contributed by atoms with Gasteiger partial charge >= 0.3 is 17.9 Å². The van der Waals surface area contributed by atoms with Gasteiger partial charge in [0.15, 0.2) is 35.3 Å². The number of hydrogen-bond donors (Lipinski definition) is 0. The fourth-order valence-electron chi connectivity index (χ4n) is 3.51. The van der Waals surface area contributed by atoms with Crippen LogP contribution in [0.4, 0.5) is 8.78 Å². The monoisotopic (exact) mass is 511 g/mol. The normalized spacial score (nSPS) is 21.5. The maximum absolute atomic E-state index is 14.8. The molecule has 0 aliphatic carbocycles. The van der Waals surface area contributed by atoms with E-state index < -0.39 is 59.0 Å². The Morgan fingerprint density at radius 3 is 2.29 bits per heavy atom. The number of ether oxygens (including phenoxy) is 5. The summed E-state index contributed by atoms with van der Waals surface area (Å²) in [6, 6.07) is 5.44. The molecule has 2 aromatic rings. The Hall–Kier alpha value is -3.41. The van der Waals surface area contributed by atoms with Crippen molar-refractivity contribution in [2.24, 2.45) is 0 Å². The number of aromatic nitrogens is 1. The second-order valence-corrected chi connectivity index (χ2v) is 8.58. The molecular weight excluding hydrogens is 488 g/mol. The van der Waals surface area contributed by atoms with E-state index in [2.05, 4.69) is 4.98 Å². The number of pyridine rings is 1. The molecule has 1 aliphatic heterocycles. The summed E-state index contributed by atoms with van der Waals surface area (Å²) in [7, 11) is 1.39. The van der Waals surface area contributed by atoms with Crippen LogP contribution in [0.2, 0.25) is 0 Å². The van der Waals surface area contributed by atoms with Crippen molar-refractivity contribution < 1.29 is 46.8 Å². The number of nitrogens with zero attached hydrogens (tertiary/aromatic N) is 1. The molecule has 1 aromatic carbocycles. The zero-order valence-corrected chi connectivity index (χ0v) is 20.1. The molecule has 0 bridgehead atoms. The highest BCUT2D eigenvalue weighted by Crippen LogP contribution is 2.38. The maximum Gasteiger partial charge on any atom is 0.303 e. The average molecular weight is 511 g/mol. The van der Waals surface area contributed by atoms with Crippen molar-refractivity contribution in [2.45, 2.75) is 44.5 Å². The number of halogens is 2. The van der Waals surface area contributed by atoms with E-state index in [4.69, 9.17) is 23.7 Å². The third-order valence-corrected chi connectivity index (χ3v) is 6.03. The SMILES string of the molecule is COc1ncccc1-c1cc(F)c(F)c(O[C@H]2SC[C@@H](OC(C)=O)[C@H](OC(C)=O)[C@H]2OC(C)=O)c1. The molecule has 0 N–H and O–H groups in total. The second-order valence-electron chi connectivity index (χ2n) is 7.45. The van der Waals surface area contributed by atoms with Gasteiger partial charge in [0, 0.05) is 38.3 Å². The van der Waals surface area contributed by atoms with E-state index in [-0.39, 0.29) is 17.2 Å². The van der Waals surface area contributed by atoms with Crippen LogP contribution in [0.1, 0.15) is 20.8 Å². The van der Waals surface area contributed by atoms with E-state index in [0.29, 0.717) is 5.56 Å². The van der Waals surface area contributed by atoms with Crippen molar-refractivity contribution in [3.8, 4) is 22.8 Å². The summed E-state index contributed by atoms with van der Waals surface area (Å²) in [4.78, 5) is 39.1. The summed E-state index contributed by atoms with van der Waals surface area (Å²) in [5, 5.41) is 0. The van der Waals surface area contributed by atoms with Crippen LogP contribution in [0.25, 0.3) is 11.1 Å². The Morgan fingerprint density at radius 2 is 1.66 bits per heavy atom. The number of thioether (sulfide) groups is 1. The third-order valence-electron chi connectivity index (χ3n) is 4.82. The van der Waals surface area contributed by atoms with Gasteiger partial charge in [-0.1, -0.05) is 0 Å². The highest BCUT2D eigenvalue weighted by atomic mass is 32.2. The molecular formula is C23H23F2NO8S. The highest BCUT2D eigenvalue weighted by Gasteiger charge is 2.48. The van der Waals surface area contributed by atoms with Crippen molar-refractivity contribution in [1.29, 1.82) is 0 Å². The van der Waals surface area contributed by atoms with Crippen LogP contribution in [0.5, 0.6) is 11.6 Å². The Bertz CT molecular complexity index is 1110. The van der Waals surface area contributed by atoms with Crippen LogP contribution in [-0.4, -0.2) is 59.5 Å². The molecule has 9 nitrogen and oxygen atoms in total. The van der Waals surface area contributed by atoms with Crippen molar-refractivity contribution >= 4 is 29.7 Å². The number of hydrogen-bond acceptors (Lipinski definition) is 10. The molecule has 12 heteroatoms. The van der Waals surface area contributed by atoms with Crippen LogP contribution >= 0.6 is 11.8 Å². The van der Waals surface area contributed by atoms with Gasteiger partial charge in [-0.25, -0.2) is 9.37 Å². The van der Waals surface area contributed by atoms with Crippen LogP contribution in [0.3, 0.4) is 0 Å². The molecule has 4 atom stereocenters. The first kappa shape index (κ1) is 26.2. The lowest BCUT2D eigenvalue weighted by Crippen LogP contribution is -2.55. The van der Waals surface area contributed by atoms with Gasteiger partial charge in [-0.2, -0.15) is 4.39 Å². The molecule has 1 aliphatic rings. The number of esters is 3. The summed E-state index contributed by atoms with van der Waals surface area (Å²) in [6.07, 6.45) is -2.01. The lowest BCUT2D eigenvalue weighted by molar-refractivity contribution is -0.186. The first-order chi connectivity index (χ1) is 16.6. The number of benzene rings is 1. The fraction of sp³-hybridized carbons (Fsp3) is 0.391. The Balaban J connectivity index is 1.99. The number of carbonyl (C=O) groups excluding carboxylic acids is 3. The lowest BCUT2D eigenvalue weighted by atomic mass is 10.1. The van der Waals surface area contributed by atoms with Gasteiger partial charge in [-0.3, -0.25) is 14.4 Å². The van der Waals surface area contributed by atoms with Crippen molar-refractivity contribution in [3.05, 3.63) is 42.1 Å². The fourth-order valence-corrected chi connectivity index (χ4v) is 4.72. The van der Waals surface area contributed by atoms with E-state index in [9.17, 15) is 23.2 Å². The van der Waals surface area contributed by atoms with Crippen LogP contribution < -0.4 is 9.47 Å².